The summed E-state index contributed by atoms with van der Waals surface area (Å²) in [6, 6.07) is 5.06. The summed E-state index contributed by atoms with van der Waals surface area (Å²) in [7, 11) is 2.81. The molecule has 0 spiro atoms. The van der Waals surface area contributed by atoms with Gasteiger partial charge in [-0.3, -0.25) is 0 Å². The van der Waals surface area contributed by atoms with Crippen molar-refractivity contribution >= 4 is 35.1 Å². The first-order valence-electron chi connectivity index (χ1n) is 9.78. The van der Waals surface area contributed by atoms with E-state index >= 15 is 0 Å². The first-order chi connectivity index (χ1) is 14.7. The molecule has 2 heterocycles. The smallest absolute Gasteiger partial charge is 0.336 e. The van der Waals surface area contributed by atoms with Gasteiger partial charge in [-0.1, -0.05) is 35.3 Å². The number of carbonyl (C=O) groups excluding carboxylic acids is 2. The molecule has 0 aromatic heterocycles. The molecule has 31 heavy (non-hydrogen) atoms. The van der Waals surface area contributed by atoms with E-state index in [2.05, 4.69) is 5.32 Å². The molecule has 0 radical (unpaired) electrons. The highest BCUT2D eigenvalue weighted by molar-refractivity contribution is 6.42. The number of carbonyl (C=O) groups is 2. The molecule has 1 aromatic carbocycles. The van der Waals surface area contributed by atoms with E-state index < -0.39 is 29.6 Å². The molecule has 1 N–H and O–H groups in total. The number of epoxide rings is 1. The molecule has 3 rings (SSSR count). The summed E-state index contributed by atoms with van der Waals surface area (Å²) < 4.78 is 21.7. The number of esters is 2. The van der Waals surface area contributed by atoms with Crippen LogP contribution in [-0.2, 0) is 28.5 Å². The summed E-state index contributed by atoms with van der Waals surface area (Å²) in [6.45, 7) is 5.92. The Hall–Kier alpha value is -2.06. The Kier molecular flexibility index (Phi) is 7.01. The van der Waals surface area contributed by atoms with Gasteiger partial charge in [-0.25, -0.2) is 9.59 Å². The average molecular weight is 470 g/mol. The Morgan fingerprint density at radius 1 is 1.26 bits per heavy atom. The molecule has 0 saturated carbocycles. The first kappa shape index (κ1) is 23.6. The molecule has 0 amide bonds. The number of dihydropyridines is 1. The normalized spacial score (nSPS) is 23.9. The fourth-order valence-electron chi connectivity index (χ4n) is 3.87. The number of allylic oxidation sites excluding steroid dienone is 1. The average Bonchev–Trinajstić information content (AvgIpc) is 3.47. The largest absolute Gasteiger partial charge is 0.466 e. The number of methoxy groups -OCH3 is 2. The van der Waals surface area contributed by atoms with E-state index in [0.29, 0.717) is 28.6 Å². The maximum Gasteiger partial charge on any atom is 0.336 e. The number of rotatable bonds is 7. The van der Waals surface area contributed by atoms with Gasteiger partial charge >= 0.3 is 11.9 Å². The second kappa shape index (κ2) is 9.20. The molecule has 7 nitrogen and oxygen atoms in total. The SMILES string of the molecule is CCOC(=O)C1=C(C(OC)C2(C)CO2)NC(C)=C(C(=O)OC)C1c1cccc(Cl)c1Cl. The summed E-state index contributed by atoms with van der Waals surface area (Å²) in [5.74, 6) is -2.09. The Bertz CT molecular complexity index is 967. The quantitative estimate of drug-likeness (QED) is 0.480. The summed E-state index contributed by atoms with van der Waals surface area (Å²) in [5, 5.41) is 3.71. The van der Waals surface area contributed by atoms with Crippen LogP contribution in [0.3, 0.4) is 0 Å². The predicted octanol–water partition coefficient (Wildman–Crippen LogP) is 3.75. The third-order valence-electron chi connectivity index (χ3n) is 5.44. The van der Waals surface area contributed by atoms with Crippen molar-refractivity contribution in [2.24, 2.45) is 0 Å². The second-order valence-electron chi connectivity index (χ2n) is 7.50. The minimum absolute atomic E-state index is 0.146. The molecule has 1 fully saturated rings. The summed E-state index contributed by atoms with van der Waals surface area (Å²) in [6.07, 6.45) is -0.610. The van der Waals surface area contributed by atoms with Gasteiger partial charge in [-0.15, -0.1) is 0 Å². The van der Waals surface area contributed by atoms with Crippen LogP contribution in [0.5, 0.6) is 0 Å². The van der Waals surface area contributed by atoms with Gasteiger partial charge in [0.2, 0.25) is 0 Å². The maximum absolute atomic E-state index is 13.3. The summed E-state index contributed by atoms with van der Waals surface area (Å²) in [4.78, 5) is 26.1. The fourth-order valence-corrected chi connectivity index (χ4v) is 4.29. The molecule has 3 atom stereocenters. The van der Waals surface area contributed by atoms with Gasteiger partial charge in [0.15, 0.2) is 0 Å². The standard InChI is InChI=1S/C22H25Cl2NO6/c1-6-30-21(27)16-15(12-8-7-9-13(23)17(12)24)14(20(26)29-5)11(2)25-18(16)19(28-4)22(3)10-31-22/h7-9,15,19,25H,6,10H2,1-5H3. The van der Waals surface area contributed by atoms with Crippen molar-refractivity contribution in [3.8, 4) is 0 Å². The number of halogens is 2. The van der Waals surface area contributed by atoms with Gasteiger partial charge < -0.3 is 24.3 Å². The van der Waals surface area contributed by atoms with Crippen molar-refractivity contribution in [2.45, 2.75) is 38.4 Å². The van der Waals surface area contributed by atoms with Crippen LogP contribution >= 0.6 is 23.2 Å². The lowest BCUT2D eigenvalue weighted by molar-refractivity contribution is -0.139. The van der Waals surface area contributed by atoms with Crippen LogP contribution < -0.4 is 5.32 Å². The van der Waals surface area contributed by atoms with Crippen molar-refractivity contribution in [1.82, 2.24) is 5.32 Å². The summed E-state index contributed by atoms with van der Waals surface area (Å²) >= 11 is 12.8. The third-order valence-corrected chi connectivity index (χ3v) is 6.27. The Balaban J connectivity index is 2.33. The second-order valence-corrected chi connectivity index (χ2v) is 8.28. The zero-order valence-corrected chi connectivity index (χ0v) is 19.5. The van der Waals surface area contributed by atoms with E-state index in [4.69, 9.17) is 42.1 Å². The van der Waals surface area contributed by atoms with Crippen LogP contribution in [0.15, 0.2) is 40.7 Å². The van der Waals surface area contributed by atoms with Crippen molar-refractivity contribution in [2.75, 3.05) is 27.4 Å². The number of ether oxygens (including phenoxy) is 4. The van der Waals surface area contributed by atoms with Crippen LogP contribution in [-0.4, -0.2) is 51.1 Å². The predicted molar refractivity (Wildman–Crippen MR) is 116 cm³/mol. The van der Waals surface area contributed by atoms with Crippen molar-refractivity contribution in [1.29, 1.82) is 0 Å². The topological polar surface area (TPSA) is 86.4 Å². The van der Waals surface area contributed by atoms with Crippen LogP contribution in [0.2, 0.25) is 10.0 Å². The lowest BCUT2D eigenvalue weighted by Gasteiger charge is -2.35. The Labute approximate surface area is 191 Å². The van der Waals surface area contributed by atoms with E-state index in [1.807, 2.05) is 6.92 Å². The molecule has 9 heteroatoms. The highest BCUT2D eigenvalue weighted by atomic mass is 35.5. The zero-order valence-electron chi connectivity index (χ0n) is 18.0. The monoisotopic (exact) mass is 469 g/mol. The van der Waals surface area contributed by atoms with E-state index in [-0.39, 0.29) is 22.8 Å². The summed E-state index contributed by atoms with van der Waals surface area (Å²) in [5.41, 5.74) is 1.23. The van der Waals surface area contributed by atoms with Crippen LogP contribution in [0.1, 0.15) is 32.3 Å². The van der Waals surface area contributed by atoms with Gasteiger partial charge in [-0.2, -0.15) is 0 Å². The Morgan fingerprint density at radius 2 is 1.94 bits per heavy atom. The van der Waals surface area contributed by atoms with Gasteiger partial charge in [0.05, 0.1) is 53.1 Å². The molecule has 3 unspecified atom stereocenters. The molecule has 2 aliphatic heterocycles. The molecule has 0 aliphatic carbocycles. The maximum atomic E-state index is 13.3. The van der Waals surface area contributed by atoms with E-state index in [1.165, 1.54) is 14.2 Å². The van der Waals surface area contributed by atoms with Gasteiger partial charge in [0.1, 0.15) is 11.7 Å². The van der Waals surface area contributed by atoms with Crippen LogP contribution in [0, 0.1) is 0 Å². The number of nitrogens with one attached hydrogen (secondary N) is 1. The van der Waals surface area contributed by atoms with Crippen molar-refractivity contribution < 1.29 is 28.5 Å². The van der Waals surface area contributed by atoms with Gasteiger partial charge in [0, 0.05) is 12.8 Å². The molecule has 0 bridgehead atoms. The zero-order chi connectivity index (χ0) is 22.9. The third kappa shape index (κ3) is 4.32. The van der Waals surface area contributed by atoms with E-state index in [0.717, 1.165) is 0 Å². The first-order valence-corrected chi connectivity index (χ1v) is 10.5. The fraction of sp³-hybridized carbons (Fsp3) is 0.455. The van der Waals surface area contributed by atoms with E-state index in [1.54, 1.807) is 32.0 Å². The van der Waals surface area contributed by atoms with Crippen molar-refractivity contribution in [3.63, 3.8) is 0 Å². The minimum atomic E-state index is -0.881. The molecule has 168 valence electrons. The number of hydrogen-bond acceptors (Lipinski definition) is 7. The highest BCUT2D eigenvalue weighted by Gasteiger charge is 2.53. The number of hydrogen-bond donors (Lipinski definition) is 1. The molecule has 1 saturated heterocycles. The van der Waals surface area contributed by atoms with Gasteiger partial charge in [-0.05, 0) is 32.4 Å². The Morgan fingerprint density at radius 3 is 2.48 bits per heavy atom. The van der Waals surface area contributed by atoms with Crippen molar-refractivity contribution in [3.05, 3.63) is 56.3 Å². The molecular formula is C22H25Cl2NO6. The highest BCUT2D eigenvalue weighted by Crippen LogP contribution is 2.46. The lowest BCUT2D eigenvalue weighted by Crippen LogP contribution is -2.43. The van der Waals surface area contributed by atoms with E-state index in [9.17, 15) is 9.59 Å². The molecular weight excluding hydrogens is 445 g/mol. The molecule has 1 aromatic rings. The van der Waals surface area contributed by atoms with Crippen LogP contribution in [0.25, 0.3) is 0 Å². The number of benzene rings is 1. The van der Waals surface area contributed by atoms with Gasteiger partial charge in [0.25, 0.3) is 0 Å². The lowest BCUT2D eigenvalue weighted by atomic mass is 9.78. The van der Waals surface area contributed by atoms with Crippen LogP contribution in [0.4, 0.5) is 0 Å². The molecule has 2 aliphatic rings. The minimum Gasteiger partial charge on any atom is -0.466 e.